The lowest BCUT2D eigenvalue weighted by molar-refractivity contribution is 0.0629. The maximum Gasteiger partial charge on any atom is 0.410 e. The first kappa shape index (κ1) is 23.3. The summed E-state index contributed by atoms with van der Waals surface area (Å²) in [5.41, 5.74) is 4.12. The summed E-state index contributed by atoms with van der Waals surface area (Å²) in [5.74, 6) is 0.766. The Labute approximate surface area is 208 Å². The summed E-state index contributed by atoms with van der Waals surface area (Å²) in [6.45, 7) is 2.34. The van der Waals surface area contributed by atoms with Crippen LogP contribution in [0, 0.1) is 0 Å². The second-order valence-corrected chi connectivity index (χ2v) is 8.81. The molecule has 1 amide bonds. The molecule has 9 heteroatoms. The van der Waals surface area contributed by atoms with Crippen molar-refractivity contribution in [3.63, 3.8) is 0 Å². The molecule has 0 spiro atoms. The van der Waals surface area contributed by atoms with Gasteiger partial charge in [0.15, 0.2) is 0 Å². The number of nitrogens with one attached hydrogen (secondary N) is 1. The second kappa shape index (κ2) is 10.4. The zero-order chi connectivity index (χ0) is 24.2. The number of aromatic amines is 1. The molecule has 0 saturated carbocycles. The first-order valence-corrected chi connectivity index (χ1v) is 11.9. The van der Waals surface area contributed by atoms with E-state index in [0.29, 0.717) is 37.7 Å². The molecule has 1 aliphatic heterocycles. The summed E-state index contributed by atoms with van der Waals surface area (Å²) in [4.78, 5) is 22.4. The largest absolute Gasteiger partial charge is 0.492 e. The average Bonchev–Trinajstić information content (AvgIpc) is 3.52. The number of fused-ring (bicyclic) bond motifs is 3. The topological polar surface area (TPSA) is 81.6 Å². The molecule has 1 unspecified atom stereocenters. The third kappa shape index (κ3) is 4.99. The SMILES string of the molecule is COCCOC(=O)N1CCc2c([nH]c3ccc(Cl)cc23)C1c1ccc(OCCn2ccnc2)cc1. The van der Waals surface area contributed by atoms with Crippen molar-refractivity contribution in [2.45, 2.75) is 19.0 Å². The van der Waals surface area contributed by atoms with Crippen molar-refractivity contribution in [2.75, 3.05) is 33.5 Å². The van der Waals surface area contributed by atoms with Crippen LogP contribution >= 0.6 is 11.6 Å². The van der Waals surface area contributed by atoms with E-state index in [1.807, 2.05) is 53.2 Å². The molecule has 0 aliphatic carbocycles. The van der Waals surface area contributed by atoms with Gasteiger partial charge in [-0.1, -0.05) is 23.7 Å². The Balaban J connectivity index is 1.42. The number of H-pyrrole nitrogens is 1. The number of nitrogens with zero attached hydrogens (tertiary/aromatic N) is 3. The number of hydrogen-bond acceptors (Lipinski definition) is 5. The predicted octanol–water partition coefficient (Wildman–Crippen LogP) is 4.83. The molecule has 3 heterocycles. The molecule has 2 aromatic heterocycles. The van der Waals surface area contributed by atoms with E-state index in [4.69, 9.17) is 25.8 Å². The molecule has 5 rings (SSSR count). The molecule has 8 nitrogen and oxygen atoms in total. The highest BCUT2D eigenvalue weighted by Crippen LogP contribution is 2.39. The van der Waals surface area contributed by atoms with Crippen LogP contribution in [0.25, 0.3) is 10.9 Å². The fourth-order valence-corrected chi connectivity index (χ4v) is 4.71. The fourth-order valence-electron chi connectivity index (χ4n) is 4.53. The van der Waals surface area contributed by atoms with Crippen molar-refractivity contribution >= 4 is 28.6 Å². The molecule has 4 aromatic rings. The van der Waals surface area contributed by atoms with Gasteiger partial charge in [-0.15, -0.1) is 0 Å². The molecule has 0 radical (unpaired) electrons. The number of carbonyl (C=O) groups excluding carboxylic acids is 1. The van der Waals surface area contributed by atoms with Crippen molar-refractivity contribution < 1.29 is 19.0 Å². The normalized spacial score (nSPS) is 15.3. The maximum absolute atomic E-state index is 13.0. The molecule has 1 N–H and O–H groups in total. The number of methoxy groups -OCH3 is 1. The third-order valence-corrected chi connectivity index (χ3v) is 6.44. The number of carbonyl (C=O) groups is 1. The number of benzene rings is 2. The lowest BCUT2D eigenvalue weighted by Crippen LogP contribution is -2.41. The van der Waals surface area contributed by atoms with Gasteiger partial charge in [-0.05, 0) is 47.9 Å². The summed E-state index contributed by atoms with van der Waals surface area (Å²) >= 11 is 6.28. The van der Waals surface area contributed by atoms with Gasteiger partial charge in [-0.25, -0.2) is 9.78 Å². The van der Waals surface area contributed by atoms with Gasteiger partial charge in [0.1, 0.15) is 25.0 Å². The van der Waals surface area contributed by atoms with Crippen LogP contribution in [0.1, 0.15) is 22.9 Å². The summed E-state index contributed by atoms with van der Waals surface area (Å²) in [6.07, 6.45) is 5.76. The molecule has 182 valence electrons. The molecular weight excluding hydrogens is 468 g/mol. The average molecular weight is 495 g/mol. The van der Waals surface area contributed by atoms with E-state index in [9.17, 15) is 4.79 Å². The number of amides is 1. The summed E-state index contributed by atoms with van der Waals surface area (Å²) < 4.78 is 18.4. The van der Waals surface area contributed by atoms with Crippen molar-refractivity contribution in [2.24, 2.45) is 0 Å². The Morgan fingerprint density at radius 3 is 2.80 bits per heavy atom. The number of rotatable bonds is 8. The molecule has 0 saturated heterocycles. The Bertz CT molecular complexity index is 1290. The Morgan fingerprint density at radius 2 is 2.03 bits per heavy atom. The monoisotopic (exact) mass is 494 g/mol. The zero-order valence-electron chi connectivity index (χ0n) is 19.4. The molecule has 1 atom stereocenters. The van der Waals surface area contributed by atoms with Crippen molar-refractivity contribution in [3.8, 4) is 5.75 Å². The number of hydrogen-bond donors (Lipinski definition) is 1. The van der Waals surface area contributed by atoms with Crippen LogP contribution in [0.5, 0.6) is 5.75 Å². The van der Waals surface area contributed by atoms with Gasteiger partial charge >= 0.3 is 6.09 Å². The van der Waals surface area contributed by atoms with Crippen molar-refractivity contribution in [3.05, 3.63) is 83.0 Å². The number of ether oxygens (including phenoxy) is 3. The number of halogens is 1. The summed E-state index contributed by atoms with van der Waals surface area (Å²) in [7, 11) is 1.58. The van der Waals surface area contributed by atoms with Crippen LogP contribution < -0.4 is 4.74 Å². The minimum Gasteiger partial charge on any atom is -0.492 e. The highest BCUT2D eigenvalue weighted by atomic mass is 35.5. The van der Waals surface area contributed by atoms with E-state index < -0.39 is 0 Å². The maximum atomic E-state index is 13.0. The van der Waals surface area contributed by atoms with Crippen molar-refractivity contribution in [1.82, 2.24) is 19.4 Å². The first-order valence-electron chi connectivity index (χ1n) is 11.5. The van der Waals surface area contributed by atoms with Gasteiger partial charge in [0.2, 0.25) is 0 Å². The van der Waals surface area contributed by atoms with Crippen LogP contribution in [0.3, 0.4) is 0 Å². The van der Waals surface area contributed by atoms with E-state index in [2.05, 4.69) is 9.97 Å². The highest BCUT2D eigenvalue weighted by molar-refractivity contribution is 6.31. The molecule has 0 fully saturated rings. The molecular formula is C26H27ClN4O4. The van der Waals surface area contributed by atoms with E-state index in [1.165, 1.54) is 5.56 Å². The molecule has 35 heavy (non-hydrogen) atoms. The van der Waals surface area contributed by atoms with Crippen LogP contribution in [0.2, 0.25) is 5.02 Å². The van der Waals surface area contributed by atoms with Gasteiger partial charge in [-0.3, -0.25) is 4.90 Å². The lowest BCUT2D eigenvalue weighted by atomic mass is 9.92. The lowest BCUT2D eigenvalue weighted by Gasteiger charge is -2.35. The quantitative estimate of drug-likeness (QED) is 0.355. The molecule has 0 bridgehead atoms. The molecule has 1 aliphatic rings. The Hall–Kier alpha value is -3.49. The van der Waals surface area contributed by atoms with Crippen LogP contribution in [-0.2, 0) is 22.4 Å². The van der Waals surface area contributed by atoms with E-state index in [1.54, 1.807) is 24.5 Å². The first-order chi connectivity index (χ1) is 17.1. The van der Waals surface area contributed by atoms with E-state index in [0.717, 1.165) is 27.9 Å². The smallest absolute Gasteiger partial charge is 0.410 e. The Morgan fingerprint density at radius 1 is 1.17 bits per heavy atom. The fraction of sp³-hybridized carbons (Fsp3) is 0.308. The van der Waals surface area contributed by atoms with Crippen LogP contribution in [-0.4, -0.2) is 59.0 Å². The Kier molecular flexibility index (Phi) is 6.92. The third-order valence-electron chi connectivity index (χ3n) is 6.21. The van der Waals surface area contributed by atoms with Gasteiger partial charge in [0.05, 0.1) is 19.5 Å². The summed E-state index contributed by atoms with van der Waals surface area (Å²) in [6, 6.07) is 13.4. The van der Waals surface area contributed by atoms with E-state index in [-0.39, 0.29) is 18.7 Å². The van der Waals surface area contributed by atoms with Gasteiger partial charge in [0, 0.05) is 47.7 Å². The minimum absolute atomic E-state index is 0.206. The predicted molar refractivity (Wildman–Crippen MR) is 133 cm³/mol. The van der Waals surface area contributed by atoms with Crippen LogP contribution in [0.15, 0.2) is 61.2 Å². The minimum atomic E-state index is -0.366. The summed E-state index contributed by atoms with van der Waals surface area (Å²) in [5, 5.41) is 1.78. The van der Waals surface area contributed by atoms with Crippen LogP contribution in [0.4, 0.5) is 4.79 Å². The standard InChI is InChI=1S/C26H27ClN4O4/c1-33-14-15-35-26(32)31-10-8-21-22-16-19(27)4-7-23(22)29-24(21)25(31)18-2-5-20(6-3-18)34-13-12-30-11-9-28-17-30/h2-7,9,11,16-17,25,29H,8,10,12-15H2,1H3. The second-order valence-electron chi connectivity index (χ2n) is 8.38. The van der Waals surface area contributed by atoms with Gasteiger partial charge in [0.25, 0.3) is 0 Å². The zero-order valence-corrected chi connectivity index (χ0v) is 20.2. The highest BCUT2D eigenvalue weighted by Gasteiger charge is 2.35. The molecule has 2 aromatic carbocycles. The van der Waals surface area contributed by atoms with Gasteiger partial charge < -0.3 is 23.8 Å². The number of aromatic nitrogens is 3. The van der Waals surface area contributed by atoms with Gasteiger partial charge in [-0.2, -0.15) is 0 Å². The van der Waals surface area contributed by atoms with E-state index >= 15 is 0 Å². The number of imidazole rings is 1. The van der Waals surface area contributed by atoms with Crippen molar-refractivity contribution in [1.29, 1.82) is 0 Å².